The molecule has 104 valence electrons. The highest BCUT2D eigenvalue weighted by Crippen LogP contribution is 2.12. The molecule has 5 heteroatoms. The monoisotopic (exact) mass is 272 g/mol. The van der Waals surface area contributed by atoms with Gasteiger partial charge in [-0.05, 0) is 11.6 Å². The first-order chi connectivity index (χ1) is 9.79. The first-order valence-corrected chi connectivity index (χ1v) is 6.22. The third kappa shape index (κ3) is 3.98. The number of methoxy groups -OCH3 is 1. The van der Waals surface area contributed by atoms with Gasteiger partial charge in [0.25, 0.3) is 0 Å². The lowest BCUT2D eigenvalue weighted by atomic mass is 10.2. The zero-order valence-corrected chi connectivity index (χ0v) is 11.2. The molecule has 0 saturated heterocycles. The van der Waals surface area contributed by atoms with Gasteiger partial charge in [0.2, 0.25) is 5.88 Å². The van der Waals surface area contributed by atoms with E-state index in [1.54, 1.807) is 19.4 Å². The fourth-order valence-corrected chi connectivity index (χ4v) is 1.68. The Bertz CT molecular complexity index is 558. The molecule has 20 heavy (non-hydrogen) atoms. The minimum absolute atomic E-state index is 0.247. The number of ether oxygens (including phenoxy) is 2. The number of nitrogens with zero attached hydrogens (tertiary/aromatic N) is 1. The highest BCUT2D eigenvalue weighted by atomic mass is 16.5. The minimum Gasteiger partial charge on any atom is -0.481 e. The number of carbonyl (C=O) groups excluding carboxylic acids is 1. The average molecular weight is 272 g/mol. The summed E-state index contributed by atoms with van der Waals surface area (Å²) in [6.07, 6.45) is 1.16. The number of hydrogen-bond acceptors (Lipinski definition) is 4. The van der Waals surface area contributed by atoms with Crippen LogP contribution in [0.3, 0.4) is 0 Å². The van der Waals surface area contributed by atoms with E-state index in [9.17, 15) is 4.79 Å². The van der Waals surface area contributed by atoms with E-state index < -0.39 is 6.09 Å². The molecule has 2 rings (SSSR count). The molecule has 1 N–H and O–H groups in total. The lowest BCUT2D eigenvalue weighted by molar-refractivity contribution is 0.139. The van der Waals surface area contributed by atoms with Crippen LogP contribution in [0.5, 0.6) is 5.88 Å². The van der Waals surface area contributed by atoms with Crippen LogP contribution in [0, 0.1) is 0 Å². The number of alkyl carbamates (subject to hydrolysis) is 1. The van der Waals surface area contributed by atoms with Gasteiger partial charge in [-0.1, -0.05) is 36.4 Å². The molecule has 1 aromatic heterocycles. The highest BCUT2D eigenvalue weighted by Gasteiger charge is 2.06. The first-order valence-electron chi connectivity index (χ1n) is 6.22. The Morgan fingerprint density at radius 3 is 2.75 bits per heavy atom. The quantitative estimate of drug-likeness (QED) is 0.908. The van der Waals surface area contributed by atoms with Crippen LogP contribution in [0.2, 0.25) is 0 Å². The maximum atomic E-state index is 11.6. The van der Waals surface area contributed by atoms with Crippen molar-refractivity contribution in [3.8, 4) is 5.88 Å². The van der Waals surface area contributed by atoms with Gasteiger partial charge in [-0.15, -0.1) is 0 Å². The summed E-state index contributed by atoms with van der Waals surface area (Å²) in [5, 5.41) is 2.66. The predicted molar refractivity (Wildman–Crippen MR) is 74.3 cm³/mol. The molecule has 0 aliphatic carbocycles. The topological polar surface area (TPSA) is 60.5 Å². The lowest BCUT2D eigenvalue weighted by Crippen LogP contribution is -2.24. The molecule has 0 radical (unpaired) electrons. The van der Waals surface area contributed by atoms with Crippen molar-refractivity contribution in [2.45, 2.75) is 13.2 Å². The number of hydrogen-bond donors (Lipinski definition) is 1. The summed E-state index contributed by atoms with van der Waals surface area (Å²) in [6, 6.07) is 13.1. The number of nitrogens with one attached hydrogen (secondary N) is 1. The average Bonchev–Trinajstić information content (AvgIpc) is 2.52. The Balaban J connectivity index is 1.80. The Kier molecular flexibility index (Phi) is 4.94. The highest BCUT2D eigenvalue weighted by molar-refractivity contribution is 5.67. The van der Waals surface area contributed by atoms with Gasteiger partial charge in [0.15, 0.2) is 0 Å². The Morgan fingerprint density at radius 1 is 1.20 bits per heavy atom. The zero-order chi connectivity index (χ0) is 14.2. The van der Waals surface area contributed by atoms with Crippen LogP contribution in [-0.4, -0.2) is 18.2 Å². The zero-order valence-electron chi connectivity index (χ0n) is 11.2. The SMILES string of the molecule is COc1ncccc1CNC(=O)OCc1ccccc1. The van der Waals surface area contributed by atoms with Crippen LogP contribution in [0.4, 0.5) is 4.79 Å². The smallest absolute Gasteiger partial charge is 0.407 e. The third-order valence-electron chi connectivity index (χ3n) is 2.68. The molecule has 2 aromatic rings. The second-order valence-electron chi connectivity index (χ2n) is 4.09. The molecular weight excluding hydrogens is 256 g/mol. The minimum atomic E-state index is -0.472. The van der Waals surface area contributed by atoms with E-state index in [2.05, 4.69) is 10.3 Å². The second-order valence-corrected chi connectivity index (χ2v) is 4.09. The first kappa shape index (κ1) is 13.9. The summed E-state index contributed by atoms with van der Waals surface area (Å²) in [6.45, 7) is 0.557. The number of carbonyl (C=O) groups is 1. The van der Waals surface area contributed by atoms with Gasteiger partial charge in [-0.3, -0.25) is 0 Å². The van der Waals surface area contributed by atoms with E-state index in [1.165, 1.54) is 0 Å². The Morgan fingerprint density at radius 2 is 2.00 bits per heavy atom. The van der Waals surface area contributed by atoms with E-state index in [0.29, 0.717) is 12.4 Å². The second kappa shape index (κ2) is 7.13. The summed E-state index contributed by atoms with van der Waals surface area (Å²) in [5.41, 5.74) is 1.74. The van der Waals surface area contributed by atoms with Gasteiger partial charge in [-0.2, -0.15) is 0 Å². The Labute approximate surface area is 117 Å². The van der Waals surface area contributed by atoms with E-state index in [0.717, 1.165) is 11.1 Å². The predicted octanol–water partition coefficient (Wildman–Crippen LogP) is 2.52. The maximum absolute atomic E-state index is 11.6. The van der Waals surface area contributed by atoms with Gasteiger partial charge in [-0.25, -0.2) is 9.78 Å². The van der Waals surface area contributed by atoms with Crippen molar-refractivity contribution in [3.05, 3.63) is 59.8 Å². The molecule has 1 amide bonds. The van der Waals surface area contributed by atoms with Gasteiger partial charge in [0, 0.05) is 11.8 Å². The summed E-state index contributed by atoms with van der Waals surface area (Å²) in [4.78, 5) is 15.6. The van der Waals surface area contributed by atoms with Crippen molar-refractivity contribution < 1.29 is 14.3 Å². The maximum Gasteiger partial charge on any atom is 0.407 e. The van der Waals surface area contributed by atoms with Crippen LogP contribution in [-0.2, 0) is 17.9 Å². The molecule has 0 atom stereocenters. The van der Waals surface area contributed by atoms with E-state index in [1.807, 2.05) is 36.4 Å². The van der Waals surface area contributed by atoms with Crippen LogP contribution < -0.4 is 10.1 Å². The molecule has 0 saturated carbocycles. The molecule has 0 aliphatic rings. The number of amides is 1. The largest absolute Gasteiger partial charge is 0.481 e. The molecule has 1 aromatic carbocycles. The van der Waals surface area contributed by atoms with Crippen LogP contribution in [0.1, 0.15) is 11.1 Å². The molecule has 0 unspecified atom stereocenters. The molecule has 0 fully saturated rings. The number of rotatable bonds is 5. The summed E-state index contributed by atoms with van der Waals surface area (Å²) in [5.74, 6) is 0.496. The van der Waals surface area contributed by atoms with Crippen molar-refractivity contribution in [2.24, 2.45) is 0 Å². The molecular formula is C15H16N2O3. The molecule has 1 heterocycles. The van der Waals surface area contributed by atoms with Crippen LogP contribution in [0.15, 0.2) is 48.7 Å². The standard InChI is InChI=1S/C15H16N2O3/c1-19-14-13(8-5-9-16-14)10-17-15(18)20-11-12-6-3-2-4-7-12/h2-9H,10-11H2,1H3,(H,17,18). The van der Waals surface area contributed by atoms with Gasteiger partial charge < -0.3 is 14.8 Å². The van der Waals surface area contributed by atoms with Crippen LogP contribution in [0.25, 0.3) is 0 Å². The Hall–Kier alpha value is -2.56. The summed E-state index contributed by atoms with van der Waals surface area (Å²) >= 11 is 0. The van der Waals surface area contributed by atoms with Crippen LogP contribution >= 0.6 is 0 Å². The summed E-state index contributed by atoms with van der Waals surface area (Å²) in [7, 11) is 1.54. The molecule has 5 nitrogen and oxygen atoms in total. The van der Waals surface area contributed by atoms with Crippen molar-refractivity contribution in [1.82, 2.24) is 10.3 Å². The third-order valence-corrected chi connectivity index (χ3v) is 2.68. The lowest BCUT2D eigenvalue weighted by Gasteiger charge is -2.09. The van der Waals surface area contributed by atoms with E-state index in [-0.39, 0.29) is 6.61 Å². The van der Waals surface area contributed by atoms with E-state index in [4.69, 9.17) is 9.47 Å². The number of aromatic nitrogens is 1. The number of benzene rings is 1. The molecule has 0 spiro atoms. The van der Waals surface area contributed by atoms with Gasteiger partial charge >= 0.3 is 6.09 Å². The summed E-state index contributed by atoms with van der Waals surface area (Å²) < 4.78 is 10.2. The normalized spacial score (nSPS) is 9.85. The van der Waals surface area contributed by atoms with Gasteiger partial charge in [0.05, 0.1) is 13.7 Å². The number of pyridine rings is 1. The van der Waals surface area contributed by atoms with Crippen molar-refractivity contribution in [3.63, 3.8) is 0 Å². The van der Waals surface area contributed by atoms with Crippen molar-refractivity contribution in [2.75, 3.05) is 7.11 Å². The fourth-order valence-electron chi connectivity index (χ4n) is 1.68. The molecule has 0 bridgehead atoms. The van der Waals surface area contributed by atoms with E-state index >= 15 is 0 Å². The molecule has 0 aliphatic heterocycles. The fraction of sp³-hybridized carbons (Fsp3) is 0.200. The van der Waals surface area contributed by atoms with Gasteiger partial charge in [0.1, 0.15) is 6.61 Å². The van der Waals surface area contributed by atoms with Crippen molar-refractivity contribution >= 4 is 6.09 Å². The van der Waals surface area contributed by atoms with Crippen molar-refractivity contribution in [1.29, 1.82) is 0 Å².